The van der Waals surface area contributed by atoms with Crippen molar-refractivity contribution in [2.24, 2.45) is 0 Å². The summed E-state index contributed by atoms with van der Waals surface area (Å²) in [5.41, 5.74) is 0. The molecule has 0 unspecified atom stereocenters. The predicted molar refractivity (Wildman–Crippen MR) is 63.6 cm³/mol. The second-order valence-corrected chi connectivity index (χ2v) is 3.58. The minimum atomic E-state index is -0.262. The summed E-state index contributed by atoms with van der Waals surface area (Å²) in [6.45, 7) is 5.76. The maximum Gasteiger partial charge on any atom is 0.248 e. The highest BCUT2D eigenvalue weighted by Gasteiger charge is 2.07. The minimum Gasteiger partial charge on any atom is -0.464 e. The SMILES string of the molecule is C=CC(=O)Nc1ccnn1Cc1ccc(C)o1. The fraction of sp³-hybridized carbons (Fsp3) is 0.167. The summed E-state index contributed by atoms with van der Waals surface area (Å²) in [5, 5.41) is 6.78. The molecule has 0 bridgehead atoms. The summed E-state index contributed by atoms with van der Waals surface area (Å²) in [5.74, 6) is 2.00. The lowest BCUT2D eigenvalue weighted by Crippen LogP contribution is -2.13. The first-order valence-corrected chi connectivity index (χ1v) is 5.19. The van der Waals surface area contributed by atoms with Crippen molar-refractivity contribution in [1.29, 1.82) is 0 Å². The van der Waals surface area contributed by atoms with Gasteiger partial charge in [0.25, 0.3) is 0 Å². The van der Waals surface area contributed by atoms with E-state index in [1.54, 1.807) is 16.9 Å². The van der Waals surface area contributed by atoms with E-state index >= 15 is 0 Å². The fourth-order valence-electron chi connectivity index (χ4n) is 1.46. The van der Waals surface area contributed by atoms with Crippen molar-refractivity contribution in [3.05, 3.63) is 48.6 Å². The number of nitrogens with one attached hydrogen (secondary N) is 1. The molecule has 0 saturated heterocycles. The number of nitrogens with zero attached hydrogens (tertiary/aromatic N) is 2. The molecule has 0 radical (unpaired) electrons. The predicted octanol–water partition coefficient (Wildman–Crippen LogP) is 1.96. The molecule has 88 valence electrons. The highest BCUT2D eigenvalue weighted by atomic mass is 16.3. The molecule has 0 aliphatic rings. The van der Waals surface area contributed by atoms with Gasteiger partial charge in [-0.1, -0.05) is 6.58 Å². The van der Waals surface area contributed by atoms with Gasteiger partial charge in [0.2, 0.25) is 5.91 Å². The zero-order chi connectivity index (χ0) is 12.3. The molecule has 0 atom stereocenters. The van der Waals surface area contributed by atoms with Gasteiger partial charge in [0.1, 0.15) is 23.9 Å². The molecule has 5 nitrogen and oxygen atoms in total. The van der Waals surface area contributed by atoms with Crippen LogP contribution in [0, 0.1) is 6.92 Å². The second-order valence-electron chi connectivity index (χ2n) is 3.58. The standard InChI is InChI=1S/C12H13N3O2/c1-3-12(16)14-11-6-7-13-15(11)8-10-5-4-9(2)17-10/h3-7H,1,8H2,2H3,(H,14,16). The third kappa shape index (κ3) is 2.63. The van der Waals surface area contributed by atoms with Gasteiger partial charge in [-0.15, -0.1) is 0 Å². The third-order valence-corrected chi connectivity index (χ3v) is 2.25. The van der Waals surface area contributed by atoms with Crippen LogP contribution in [0.4, 0.5) is 5.82 Å². The molecular weight excluding hydrogens is 218 g/mol. The lowest BCUT2D eigenvalue weighted by atomic mass is 10.4. The normalized spacial score (nSPS) is 10.2. The Morgan fingerprint density at radius 1 is 1.59 bits per heavy atom. The Morgan fingerprint density at radius 3 is 3.06 bits per heavy atom. The molecular formula is C12H13N3O2. The summed E-state index contributed by atoms with van der Waals surface area (Å²) in [6, 6.07) is 5.49. The van der Waals surface area contributed by atoms with Crippen LogP contribution in [0.25, 0.3) is 0 Å². The number of anilines is 1. The van der Waals surface area contributed by atoms with E-state index in [1.807, 2.05) is 19.1 Å². The summed E-state index contributed by atoms with van der Waals surface area (Å²) in [6.07, 6.45) is 2.84. The highest BCUT2D eigenvalue weighted by molar-refractivity contribution is 5.98. The molecule has 2 aromatic heterocycles. The van der Waals surface area contributed by atoms with Gasteiger partial charge in [-0.05, 0) is 25.1 Å². The second kappa shape index (κ2) is 4.69. The quantitative estimate of drug-likeness (QED) is 0.818. The van der Waals surface area contributed by atoms with E-state index in [4.69, 9.17) is 4.42 Å². The maximum atomic E-state index is 11.2. The van der Waals surface area contributed by atoms with Crippen molar-refractivity contribution in [2.75, 3.05) is 5.32 Å². The molecule has 17 heavy (non-hydrogen) atoms. The molecule has 0 spiro atoms. The van der Waals surface area contributed by atoms with Crippen molar-refractivity contribution < 1.29 is 9.21 Å². The third-order valence-electron chi connectivity index (χ3n) is 2.25. The van der Waals surface area contributed by atoms with Gasteiger partial charge < -0.3 is 9.73 Å². The Hall–Kier alpha value is -2.30. The number of hydrogen-bond acceptors (Lipinski definition) is 3. The van der Waals surface area contributed by atoms with Crippen LogP contribution >= 0.6 is 0 Å². The topological polar surface area (TPSA) is 60.1 Å². The lowest BCUT2D eigenvalue weighted by Gasteiger charge is -2.05. The monoisotopic (exact) mass is 231 g/mol. The van der Waals surface area contributed by atoms with E-state index < -0.39 is 0 Å². The van der Waals surface area contributed by atoms with Crippen LogP contribution in [0.2, 0.25) is 0 Å². The zero-order valence-corrected chi connectivity index (χ0v) is 9.51. The van der Waals surface area contributed by atoms with Crippen molar-refractivity contribution >= 4 is 11.7 Å². The Bertz CT molecular complexity index is 539. The number of amides is 1. The lowest BCUT2D eigenvalue weighted by molar-refractivity contribution is -0.111. The Morgan fingerprint density at radius 2 is 2.41 bits per heavy atom. The molecule has 1 amide bonds. The van der Waals surface area contributed by atoms with Crippen LogP contribution in [-0.4, -0.2) is 15.7 Å². The molecule has 1 N–H and O–H groups in total. The van der Waals surface area contributed by atoms with E-state index in [1.165, 1.54) is 6.08 Å². The van der Waals surface area contributed by atoms with Crippen molar-refractivity contribution in [3.63, 3.8) is 0 Å². The van der Waals surface area contributed by atoms with E-state index in [-0.39, 0.29) is 5.91 Å². The number of aromatic nitrogens is 2. The van der Waals surface area contributed by atoms with Crippen LogP contribution < -0.4 is 5.32 Å². The van der Waals surface area contributed by atoms with Gasteiger partial charge in [0.05, 0.1) is 6.20 Å². The first kappa shape index (κ1) is 11.2. The smallest absolute Gasteiger partial charge is 0.248 e. The van der Waals surface area contributed by atoms with Crippen LogP contribution in [0.15, 0.2) is 41.5 Å². The van der Waals surface area contributed by atoms with Gasteiger partial charge in [0.15, 0.2) is 0 Å². The molecule has 2 heterocycles. The largest absolute Gasteiger partial charge is 0.464 e. The molecule has 0 aliphatic heterocycles. The minimum absolute atomic E-state index is 0.262. The molecule has 2 aromatic rings. The van der Waals surface area contributed by atoms with Gasteiger partial charge in [-0.25, -0.2) is 4.68 Å². The van der Waals surface area contributed by atoms with Crippen LogP contribution in [0.1, 0.15) is 11.5 Å². The first-order valence-electron chi connectivity index (χ1n) is 5.19. The average Bonchev–Trinajstić information content (AvgIpc) is 2.89. The number of carbonyl (C=O) groups excluding carboxylic acids is 1. The van der Waals surface area contributed by atoms with E-state index in [0.29, 0.717) is 12.4 Å². The molecule has 0 aromatic carbocycles. The number of furan rings is 1. The van der Waals surface area contributed by atoms with E-state index in [0.717, 1.165) is 11.5 Å². The molecule has 0 fully saturated rings. The summed E-state index contributed by atoms with van der Waals surface area (Å²) < 4.78 is 7.10. The van der Waals surface area contributed by atoms with Crippen LogP contribution in [-0.2, 0) is 11.3 Å². The number of hydrogen-bond donors (Lipinski definition) is 1. The van der Waals surface area contributed by atoms with Gasteiger partial charge >= 0.3 is 0 Å². The summed E-state index contributed by atoms with van der Waals surface area (Å²) >= 11 is 0. The molecule has 0 saturated carbocycles. The number of aryl methyl sites for hydroxylation is 1. The first-order chi connectivity index (χ1) is 8.19. The van der Waals surface area contributed by atoms with Gasteiger partial charge in [-0.3, -0.25) is 4.79 Å². The summed E-state index contributed by atoms with van der Waals surface area (Å²) in [7, 11) is 0. The zero-order valence-electron chi connectivity index (χ0n) is 9.51. The highest BCUT2D eigenvalue weighted by Crippen LogP contribution is 2.12. The molecule has 0 aliphatic carbocycles. The summed E-state index contributed by atoms with van der Waals surface area (Å²) in [4.78, 5) is 11.2. The van der Waals surface area contributed by atoms with Crippen LogP contribution in [0.3, 0.4) is 0 Å². The van der Waals surface area contributed by atoms with E-state index in [2.05, 4.69) is 17.0 Å². The number of carbonyl (C=O) groups is 1. The maximum absolute atomic E-state index is 11.2. The molecule has 5 heteroatoms. The van der Waals surface area contributed by atoms with Crippen molar-refractivity contribution in [3.8, 4) is 0 Å². The Kier molecular flexibility index (Phi) is 3.09. The fourth-order valence-corrected chi connectivity index (χ4v) is 1.46. The van der Waals surface area contributed by atoms with Crippen molar-refractivity contribution in [1.82, 2.24) is 9.78 Å². The van der Waals surface area contributed by atoms with Crippen LogP contribution in [0.5, 0.6) is 0 Å². The molecule has 2 rings (SSSR count). The van der Waals surface area contributed by atoms with Gasteiger partial charge in [-0.2, -0.15) is 5.10 Å². The Balaban J connectivity index is 2.13. The Labute approximate surface area is 98.7 Å². The van der Waals surface area contributed by atoms with Crippen molar-refractivity contribution in [2.45, 2.75) is 13.5 Å². The number of rotatable bonds is 4. The van der Waals surface area contributed by atoms with E-state index in [9.17, 15) is 4.79 Å². The average molecular weight is 231 g/mol. The van der Waals surface area contributed by atoms with Gasteiger partial charge in [0, 0.05) is 6.07 Å².